The van der Waals surface area contributed by atoms with Crippen molar-refractivity contribution in [1.29, 1.82) is 0 Å². The summed E-state index contributed by atoms with van der Waals surface area (Å²) in [6.45, 7) is 4.70. The van der Waals surface area contributed by atoms with Crippen LogP contribution in [0.15, 0.2) is 146 Å². The molecule has 0 bridgehead atoms. The highest BCUT2D eigenvalue weighted by molar-refractivity contribution is 6.22. The maximum Gasteiger partial charge on any atom is 0.161 e. The van der Waals surface area contributed by atoms with E-state index in [1.807, 2.05) is 6.07 Å². The van der Waals surface area contributed by atoms with Crippen molar-refractivity contribution in [3.8, 4) is 44.9 Å². The van der Waals surface area contributed by atoms with Gasteiger partial charge in [0.2, 0.25) is 0 Å². The first-order valence-corrected chi connectivity index (χ1v) is 15.6. The molecule has 8 aromatic rings. The van der Waals surface area contributed by atoms with Crippen LogP contribution in [0.3, 0.4) is 0 Å². The molecule has 212 valence electrons. The second-order valence-electron chi connectivity index (χ2n) is 12.5. The van der Waals surface area contributed by atoms with Crippen LogP contribution < -0.4 is 0 Å². The average Bonchev–Trinajstić information content (AvgIpc) is 3.33. The van der Waals surface area contributed by atoms with E-state index in [1.54, 1.807) is 0 Å². The number of fused-ring (bicyclic) bond motifs is 6. The van der Waals surface area contributed by atoms with E-state index in [1.165, 1.54) is 44.2 Å². The predicted octanol–water partition coefficient (Wildman–Crippen LogP) is 11.2. The third-order valence-electron chi connectivity index (χ3n) is 9.68. The van der Waals surface area contributed by atoms with E-state index in [2.05, 4.69) is 153 Å². The standard InChI is InChI=1S/C43H30N2/c1-43(2)35-24-12-10-21-32(35)39-34(23-14-25-36(39)43)38-28-17-6-8-19-30(28)40(31-20-9-7-18-29(31)38)42-44-37-26-13-11-22-33(37)41(45-42)27-15-4-3-5-16-27/h3-26H,1-2H3. The molecular weight excluding hydrogens is 544 g/mol. The highest BCUT2D eigenvalue weighted by Gasteiger charge is 2.37. The Labute approximate surface area is 262 Å². The minimum absolute atomic E-state index is 0.0692. The minimum atomic E-state index is -0.0692. The maximum atomic E-state index is 5.34. The average molecular weight is 575 g/mol. The lowest BCUT2D eigenvalue weighted by atomic mass is 9.81. The van der Waals surface area contributed by atoms with Gasteiger partial charge >= 0.3 is 0 Å². The van der Waals surface area contributed by atoms with Crippen molar-refractivity contribution in [3.05, 3.63) is 157 Å². The highest BCUT2D eigenvalue weighted by atomic mass is 14.9. The van der Waals surface area contributed by atoms with E-state index in [-0.39, 0.29) is 5.41 Å². The highest BCUT2D eigenvalue weighted by Crippen LogP contribution is 2.54. The molecule has 45 heavy (non-hydrogen) atoms. The van der Waals surface area contributed by atoms with E-state index in [0.29, 0.717) is 0 Å². The number of rotatable bonds is 3. The van der Waals surface area contributed by atoms with Crippen molar-refractivity contribution in [1.82, 2.24) is 9.97 Å². The Bertz CT molecular complexity index is 2400. The summed E-state index contributed by atoms with van der Waals surface area (Å²) in [4.78, 5) is 10.6. The molecular formula is C43H30N2. The molecule has 0 atom stereocenters. The number of benzene rings is 7. The Balaban J connectivity index is 1.41. The topological polar surface area (TPSA) is 25.8 Å². The first-order valence-electron chi connectivity index (χ1n) is 15.6. The van der Waals surface area contributed by atoms with Crippen LogP contribution in [0.25, 0.3) is 77.3 Å². The molecule has 0 fully saturated rings. The number of hydrogen-bond acceptors (Lipinski definition) is 2. The van der Waals surface area contributed by atoms with E-state index in [0.717, 1.165) is 44.3 Å². The van der Waals surface area contributed by atoms with Crippen molar-refractivity contribution in [2.24, 2.45) is 0 Å². The maximum absolute atomic E-state index is 5.34. The first kappa shape index (κ1) is 25.9. The number of aromatic nitrogens is 2. The molecule has 1 heterocycles. The Kier molecular flexibility index (Phi) is 5.58. The second-order valence-corrected chi connectivity index (χ2v) is 12.5. The molecule has 0 saturated heterocycles. The molecule has 0 spiro atoms. The summed E-state index contributed by atoms with van der Waals surface area (Å²) in [6, 6.07) is 52.2. The zero-order chi connectivity index (χ0) is 30.1. The fourth-order valence-corrected chi connectivity index (χ4v) is 7.63. The third-order valence-corrected chi connectivity index (χ3v) is 9.68. The van der Waals surface area contributed by atoms with Crippen LogP contribution in [0, 0.1) is 0 Å². The summed E-state index contributed by atoms with van der Waals surface area (Å²) < 4.78 is 0. The smallest absolute Gasteiger partial charge is 0.161 e. The van der Waals surface area contributed by atoms with Crippen molar-refractivity contribution < 1.29 is 0 Å². The summed E-state index contributed by atoms with van der Waals surface area (Å²) in [5.41, 5.74) is 12.0. The van der Waals surface area contributed by atoms with Crippen molar-refractivity contribution in [3.63, 3.8) is 0 Å². The van der Waals surface area contributed by atoms with Crippen LogP contribution in [0.1, 0.15) is 25.0 Å². The number of hydrogen-bond donors (Lipinski definition) is 0. The minimum Gasteiger partial charge on any atom is -0.228 e. The molecule has 1 aromatic heterocycles. The Morgan fingerprint density at radius 3 is 1.64 bits per heavy atom. The van der Waals surface area contributed by atoms with Gasteiger partial charge in [0.05, 0.1) is 11.2 Å². The van der Waals surface area contributed by atoms with Crippen LogP contribution in [-0.2, 0) is 5.41 Å². The van der Waals surface area contributed by atoms with Gasteiger partial charge in [-0.05, 0) is 61.0 Å². The number of nitrogens with zero attached hydrogens (tertiary/aromatic N) is 2. The van der Waals surface area contributed by atoms with E-state index in [9.17, 15) is 0 Å². The van der Waals surface area contributed by atoms with Gasteiger partial charge in [0.25, 0.3) is 0 Å². The van der Waals surface area contributed by atoms with Gasteiger partial charge in [-0.15, -0.1) is 0 Å². The molecule has 1 aliphatic carbocycles. The van der Waals surface area contributed by atoms with Gasteiger partial charge in [-0.2, -0.15) is 0 Å². The third kappa shape index (κ3) is 3.76. The molecule has 2 heteroatoms. The number of para-hydroxylation sites is 1. The predicted molar refractivity (Wildman–Crippen MR) is 188 cm³/mol. The van der Waals surface area contributed by atoms with Crippen LogP contribution in [0.2, 0.25) is 0 Å². The van der Waals surface area contributed by atoms with E-state index < -0.39 is 0 Å². The van der Waals surface area contributed by atoms with Gasteiger partial charge in [-0.1, -0.05) is 153 Å². The normalized spacial score (nSPS) is 13.3. The molecule has 0 N–H and O–H groups in total. The summed E-state index contributed by atoms with van der Waals surface area (Å²) in [5, 5.41) is 5.78. The lowest BCUT2D eigenvalue weighted by molar-refractivity contribution is 0.660. The van der Waals surface area contributed by atoms with Gasteiger partial charge in [-0.25, -0.2) is 9.97 Å². The van der Waals surface area contributed by atoms with Crippen LogP contribution >= 0.6 is 0 Å². The molecule has 0 amide bonds. The van der Waals surface area contributed by atoms with Gasteiger partial charge in [0, 0.05) is 21.9 Å². The quantitative estimate of drug-likeness (QED) is 0.196. The summed E-state index contributed by atoms with van der Waals surface area (Å²) in [7, 11) is 0. The first-order chi connectivity index (χ1) is 22.1. The molecule has 2 nitrogen and oxygen atoms in total. The van der Waals surface area contributed by atoms with Crippen molar-refractivity contribution >= 4 is 32.4 Å². The Morgan fingerprint density at radius 1 is 0.400 bits per heavy atom. The molecule has 0 unspecified atom stereocenters. The lowest BCUT2D eigenvalue weighted by Crippen LogP contribution is -2.14. The van der Waals surface area contributed by atoms with Crippen LogP contribution in [0.4, 0.5) is 0 Å². The summed E-state index contributed by atoms with van der Waals surface area (Å²) in [5.74, 6) is 0.747. The molecule has 1 aliphatic rings. The van der Waals surface area contributed by atoms with Gasteiger partial charge in [-0.3, -0.25) is 0 Å². The zero-order valence-electron chi connectivity index (χ0n) is 25.3. The van der Waals surface area contributed by atoms with Gasteiger partial charge in [0.15, 0.2) is 5.82 Å². The van der Waals surface area contributed by atoms with Gasteiger partial charge in [0.1, 0.15) is 0 Å². The molecule has 0 aliphatic heterocycles. The zero-order valence-corrected chi connectivity index (χ0v) is 25.3. The van der Waals surface area contributed by atoms with E-state index in [4.69, 9.17) is 9.97 Å². The second kappa shape index (κ2) is 9.70. The molecule has 0 radical (unpaired) electrons. The van der Waals surface area contributed by atoms with Crippen LogP contribution in [-0.4, -0.2) is 9.97 Å². The fourth-order valence-electron chi connectivity index (χ4n) is 7.63. The summed E-state index contributed by atoms with van der Waals surface area (Å²) >= 11 is 0. The van der Waals surface area contributed by atoms with Crippen molar-refractivity contribution in [2.75, 3.05) is 0 Å². The molecule has 9 rings (SSSR count). The Morgan fingerprint density at radius 2 is 0.933 bits per heavy atom. The fraction of sp³-hybridized carbons (Fsp3) is 0.0698. The van der Waals surface area contributed by atoms with Crippen LogP contribution in [0.5, 0.6) is 0 Å². The van der Waals surface area contributed by atoms with E-state index >= 15 is 0 Å². The largest absolute Gasteiger partial charge is 0.228 e. The Hall–Kier alpha value is -5.60. The monoisotopic (exact) mass is 574 g/mol. The van der Waals surface area contributed by atoms with Crippen molar-refractivity contribution in [2.45, 2.75) is 19.3 Å². The molecule has 0 saturated carbocycles. The summed E-state index contributed by atoms with van der Waals surface area (Å²) in [6.07, 6.45) is 0. The van der Waals surface area contributed by atoms with Gasteiger partial charge < -0.3 is 0 Å². The lowest BCUT2D eigenvalue weighted by Gasteiger charge is -2.22. The molecule has 7 aromatic carbocycles. The SMILES string of the molecule is CC1(C)c2ccccc2-c2c(-c3c4ccccc4c(-c4nc(-c5ccccc5)c5ccccc5n4)c4ccccc34)cccc21.